The molecule has 3 aliphatic carbocycles. The standard InChI is InChI=1S/C24H32BrN/c1-14-9-21-15(2)19-7-8-24(25)26-23(19)13-22(21)20(14)12-16-10-17-5-3-4-6-18(17)11-16/h3-6,10,14-15,19-24,26H,7-9,11-13H2,1-2H3. The lowest BCUT2D eigenvalue weighted by atomic mass is 9.62. The molecule has 8 unspecified atom stereocenters. The van der Waals surface area contributed by atoms with Gasteiger partial charge in [0.1, 0.15) is 0 Å². The summed E-state index contributed by atoms with van der Waals surface area (Å²) in [6.07, 6.45) is 10.6. The van der Waals surface area contributed by atoms with Crippen LogP contribution < -0.4 is 5.32 Å². The Kier molecular flexibility index (Phi) is 4.56. The van der Waals surface area contributed by atoms with Gasteiger partial charge in [-0.05, 0) is 85.2 Å². The highest BCUT2D eigenvalue weighted by molar-refractivity contribution is 9.09. The summed E-state index contributed by atoms with van der Waals surface area (Å²) in [4.78, 5) is 0.539. The van der Waals surface area contributed by atoms with Crippen molar-refractivity contribution in [2.75, 3.05) is 0 Å². The summed E-state index contributed by atoms with van der Waals surface area (Å²) in [6, 6.07) is 9.72. The van der Waals surface area contributed by atoms with Crippen molar-refractivity contribution in [3.05, 3.63) is 41.0 Å². The lowest BCUT2D eigenvalue weighted by Gasteiger charge is -2.49. The quantitative estimate of drug-likeness (QED) is 0.460. The molecule has 26 heavy (non-hydrogen) atoms. The fraction of sp³-hybridized carbons (Fsp3) is 0.667. The van der Waals surface area contributed by atoms with E-state index in [4.69, 9.17) is 0 Å². The van der Waals surface area contributed by atoms with Crippen molar-refractivity contribution in [1.82, 2.24) is 5.32 Å². The van der Waals surface area contributed by atoms with E-state index in [1.807, 2.05) is 0 Å². The van der Waals surface area contributed by atoms with E-state index in [-0.39, 0.29) is 0 Å². The molecule has 2 heteroatoms. The molecule has 140 valence electrons. The van der Waals surface area contributed by atoms with Gasteiger partial charge in [0.05, 0.1) is 4.95 Å². The third-order valence-corrected chi connectivity index (χ3v) is 9.07. The number of alkyl halides is 1. The molecule has 0 spiro atoms. The van der Waals surface area contributed by atoms with Gasteiger partial charge in [-0.3, -0.25) is 0 Å². The van der Waals surface area contributed by atoms with Gasteiger partial charge in [-0.15, -0.1) is 0 Å². The van der Waals surface area contributed by atoms with Gasteiger partial charge >= 0.3 is 0 Å². The number of allylic oxidation sites excluding steroid dienone is 1. The first-order valence-electron chi connectivity index (χ1n) is 10.8. The van der Waals surface area contributed by atoms with Gasteiger partial charge in [0.25, 0.3) is 0 Å². The normalized spacial score (nSPS) is 44.2. The first kappa shape index (κ1) is 17.5. The fourth-order valence-electron chi connectivity index (χ4n) is 7.07. The second-order valence-electron chi connectivity index (χ2n) is 9.66. The average molecular weight is 414 g/mol. The number of nitrogens with one attached hydrogen (secondary N) is 1. The predicted octanol–water partition coefficient (Wildman–Crippen LogP) is 6.03. The Morgan fingerprint density at radius 3 is 2.73 bits per heavy atom. The van der Waals surface area contributed by atoms with E-state index in [0.29, 0.717) is 4.95 Å². The summed E-state index contributed by atoms with van der Waals surface area (Å²) < 4.78 is 0. The second kappa shape index (κ2) is 6.78. The Labute approximate surface area is 167 Å². The zero-order valence-corrected chi connectivity index (χ0v) is 17.7. The number of benzene rings is 1. The maximum absolute atomic E-state index is 3.91. The van der Waals surface area contributed by atoms with Crippen LogP contribution in [0.25, 0.3) is 6.08 Å². The monoisotopic (exact) mass is 413 g/mol. The molecule has 5 rings (SSSR count). The van der Waals surface area contributed by atoms with Crippen molar-refractivity contribution in [2.24, 2.45) is 35.5 Å². The van der Waals surface area contributed by atoms with E-state index < -0.39 is 0 Å². The number of hydrogen-bond acceptors (Lipinski definition) is 1. The van der Waals surface area contributed by atoms with E-state index in [2.05, 4.69) is 65.4 Å². The summed E-state index contributed by atoms with van der Waals surface area (Å²) in [5.74, 6) is 5.48. The number of hydrogen-bond donors (Lipinski definition) is 1. The molecule has 1 aromatic carbocycles. The van der Waals surface area contributed by atoms with Gasteiger partial charge in [-0.2, -0.15) is 0 Å². The van der Waals surface area contributed by atoms with Gasteiger partial charge in [-0.1, -0.05) is 65.7 Å². The zero-order valence-electron chi connectivity index (χ0n) is 16.1. The summed E-state index contributed by atoms with van der Waals surface area (Å²) in [7, 11) is 0. The molecule has 1 aliphatic heterocycles. The molecule has 0 amide bonds. The molecule has 0 aromatic heterocycles. The minimum atomic E-state index is 0.539. The molecule has 1 saturated heterocycles. The molecule has 4 aliphatic rings. The van der Waals surface area contributed by atoms with Crippen molar-refractivity contribution in [3.63, 3.8) is 0 Å². The van der Waals surface area contributed by atoms with Crippen molar-refractivity contribution in [3.8, 4) is 0 Å². The average Bonchev–Trinajstić information content (AvgIpc) is 3.17. The van der Waals surface area contributed by atoms with E-state index >= 15 is 0 Å². The van der Waals surface area contributed by atoms with E-state index in [1.54, 1.807) is 5.57 Å². The molecule has 1 nitrogen and oxygen atoms in total. The number of halogens is 1. The summed E-state index contributed by atoms with van der Waals surface area (Å²) in [6.45, 7) is 5.12. The Balaban J connectivity index is 1.34. The highest BCUT2D eigenvalue weighted by Gasteiger charge is 2.51. The zero-order chi connectivity index (χ0) is 17.8. The molecule has 2 saturated carbocycles. The van der Waals surface area contributed by atoms with Crippen LogP contribution >= 0.6 is 15.9 Å². The maximum Gasteiger partial charge on any atom is 0.0632 e. The van der Waals surface area contributed by atoms with Crippen LogP contribution in [-0.2, 0) is 6.42 Å². The molecule has 1 aromatic rings. The van der Waals surface area contributed by atoms with Gasteiger partial charge in [0, 0.05) is 6.04 Å². The largest absolute Gasteiger partial charge is 0.302 e. The Bertz CT molecular complexity index is 708. The summed E-state index contributed by atoms with van der Waals surface area (Å²) in [5.41, 5.74) is 4.70. The predicted molar refractivity (Wildman–Crippen MR) is 113 cm³/mol. The van der Waals surface area contributed by atoms with Crippen molar-refractivity contribution in [2.45, 2.75) is 63.4 Å². The highest BCUT2D eigenvalue weighted by Crippen LogP contribution is 2.56. The molecular weight excluding hydrogens is 382 g/mol. The Morgan fingerprint density at radius 1 is 1.04 bits per heavy atom. The molecular formula is C24H32BrN. The summed E-state index contributed by atoms with van der Waals surface area (Å²) >= 11 is 3.84. The van der Waals surface area contributed by atoms with Crippen LogP contribution in [0.15, 0.2) is 29.8 Å². The number of rotatable bonds is 2. The van der Waals surface area contributed by atoms with Crippen molar-refractivity contribution >= 4 is 22.0 Å². The molecule has 0 radical (unpaired) electrons. The minimum absolute atomic E-state index is 0.539. The lowest BCUT2D eigenvalue weighted by molar-refractivity contribution is 0.0460. The smallest absolute Gasteiger partial charge is 0.0632 e. The van der Waals surface area contributed by atoms with Crippen LogP contribution in [0.4, 0.5) is 0 Å². The van der Waals surface area contributed by atoms with E-state index in [0.717, 1.165) is 41.5 Å². The number of fused-ring (bicyclic) bond motifs is 3. The second-order valence-corrected chi connectivity index (χ2v) is 10.8. The van der Waals surface area contributed by atoms with Crippen molar-refractivity contribution in [1.29, 1.82) is 0 Å². The number of piperidine rings is 1. The lowest BCUT2D eigenvalue weighted by Crippen LogP contribution is -2.53. The van der Waals surface area contributed by atoms with Crippen LogP contribution in [0, 0.1) is 35.5 Å². The van der Waals surface area contributed by atoms with Gasteiger partial charge in [-0.25, -0.2) is 0 Å². The SMILES string of the molecule is CC1CC2C(C)C3CCC(Br)NC3CC2C1CC1=Cc2ccccc2C1. The van der Waals surface area contributed by atoms with Crippen LogP contribution in [0.3, 0.4) is 0 Å². The molecule has 8 atom stereocenters. The molecule has 1 heterocycles. The van der Waals surface area contributed by atoms with Crippen LogP contribution in [0.2, 0.25) is 0 Å². The highest BCUT2D eigenvalue weighted by atomic mass is 79.9. The van der Waals surface area contributed by atoms with E-state index in [9.17, 15) is 0 Å². The molecule has 3 fully saturated rings. The van der Waals surface area contributed by atoms with E-state index in [1.165, 1.54) is 49.7 Å². The fourth-order valence-corrected chi connectivity index (χ4v) is 7.68. The van der Waals surface area contributed by atoms with Gasteiger partial charge < -0.3 is 5.32 Å². The minimum Gasteiger partial charge on any atom is -0.302 e. The summed E-state index contributed by atoms with van der Waals surface area (Å²) in [5, 5.41) is 3.91. The van der Waals surface area contributed by atoms with Crippen LogP contribution in [0.1, 0.15) is 57.1 Å². The first-order chi connectivity index (χ1) is 12.6. The third kappa shape index (κ3) is 2.92. The topological polar surface area (TPSA) is 12.0 Å². The van der Waals surface area contributed by atoms with Crippen molar-refractivity contribution < 1.29 is 0 Å². The van der Waals surface area contributed by atoms with Crippen LogP contribution in [0.5, 0.6) is 0 Å². The third-order valence-electron chi connectivity index (χ3n) is 8.35. The molecule has 0 bridgehead atoms. The first-order valence-corrected chi connectivity index (χ1v) is 11.7. The Hall–Kier alpha value is -0.600. The maximum atomic E-state index is 3.91. The van der Waals surface area contributed by atoms with Gasteiger partial charge in [0.2, 0.25) is 0 Å². The van der Waals surface area contributed by atoms with Crippen LogP contribution in [-0.4, -0.2) is 11.0 Å². The Morgan fingerprint density at radius 2 is 1.88 bits per heavy atom. The molecule has 1 N–H and O–H groups in total. The van der Waals surface area contributed by atoms with Gasteiger partial charge in [0.15, 0.2) is 0 Å².